The van der Waals surface area contributed by atoms with E-state index in [0.717, 1.165) is 11.8 Å². The lowest BCUT2D eigenvalue weighted by atomic mass is 10.0. The molecular formula is C13H9FN4O. The smallest absolute Gasteiger partial charge is 0.230 e. The third-order valence-corrected chi connectivity index (χ3v) is 2.65. The summed E-state index contributed by atoms with van der Waals surface area (Å²) in [6.45, 7) is 0. The number of hydrogen-bond donors (Lipinski definition) is 1. The molecule has 19 heavy (non-hydrogen) atoms. The number of hydrogen-bond acceptors (Lipinski definition) is 5. The van der Waals surface area contributed by atoms with Crippen molar-refractivity contribution in [3.63, 3.8) is 0 Å². The van der Waals surface area contributed by atoms with E-state index in [-0.39, 0.29) is 5.88 Å². The molecule has 94 valence electrons. The number of aromatic nitrogens is 3. The van der Waals surface area contributed by atoms with Crippen LogP contribution in [0.5, 0.6) is 0 Å². The molecule has 0 unspecified atom stereocenters. The normalized spacial score (nSPS) is 10.6. The maximum absolute atomic E-state index is 13.2. The minimum Gasteiger partial charge on any atom is -0.367 e. The Balaban J connectivity index is 2.19. The highest BCUT2D eigenvalue weighted by atomic mass is 19.1. The fraction of sp³-hybridized carbons (Fsp3) is 0. The van der Waals surface area contributed by atoms with Crippen LogP contribution in [0.2, 0.25) is 0 Å². The molecule has 0 atom stereocenters. The Labute approximate surface area is 107 Å². The molecule has 0 amide bonds. The Bertz CT molecular complexity index is 712. The van der Waals surface area contributed by atoms with E-state index in [9.17, 15) is 4.39 Å². The van der Waals surface area contributed by atoms with E-state index in [1.54, 1.807) is 18.5 Å². The van der Waals surface area contributed by atoms with Crippen molar-refractivity contribution in [1.29, 1.82) is 0 Å². The van der Waals surface area contributed by atoms with Gasteiger partial charge in [-0.05, 0) is 12.1 Å². The molecule has 0 aliphatic carbocycles. The van der Waals surface area contributed by atoms with Gasteiger partial charge in [0.2, 0.25) is 5.88 Å². The molecule has 0 radical (unpaired) electrons. The van der Waals surface area contributed by atoms with Gasteiger partial charge in [-0.2, -0.15) is 0 Å². The number of nitrogens with zero attached hydrogens (tertiary/aromatic N) is 3. The van der Waals surface area contributed by atoms with Gasteiger partial charge >= 0.3 is 0 Å². The Hall–Kier alpha value is -2.76. The predicted molar refractivity (Wildman–Crippen MR) is 67.3 cm³/mol. The van der Waals surface area contributed by atoms with Gasteiger partial charge in [0.25, 0.3) is 0 Å². The fourth-order valence-electron chi connectivity index (χ4n) is 1.83. The minimum atomic E-state index is -0.448. The lowest BCUT2D eigenvalue weighted by Crippen LogP contribution is -1.89. The van der Waals surface area contributed by atoms with Gasteiger partial charge in [0.1, 0.15) is 11.5 Å². The summed E-state index contributed by atoms with van der Waals surface area (Å²) < 4.78 is 18.2. The van der Waals surface area contributed by atoms with E-state index in [1.807, 2.05) is 6.07 Å². The number of nitrogen functional groups attached to an aromatic ring is 1. The van der Waals surface area contributed by atoms with Crippen LogP contribution >= 0.6 is 0 Å². The van der Waals surface area contributed by atoms with Crippen molar-refractivity contribution < 1.29 is 8.91 Å². The van der Waals surface area contributed by atoms with E-state index in [2.05, 4.69) is 15.1 Å². The van der Waals surface area contributed by atoms with Crippen LogP contribution in [0.15, 0.2) is 47.5 Å². The van der Waals surface area contributed by atoms with Gasteiger partial charge in [0.15, 0.2) is 0 Å². The van der Waals surface area contributed by atoms with Crippen molar-refractivity contribution in [3.05, 3.63) is 48.8 Å². The van der Waals surface area contributed by atoms with Crippen LogP contribution < -0.4 is 5.73 Å². The summed E-state index contributed by atoms with van der Waals surface area (Å²) in [4.78, 5) is 7.81. The number of pyridine rings is 2. The predicted octanol–water partition coefficient (Wildman–Crippen LogP) is 2.52. The van der Waals surface area contributed by atoms with Gasteiger partial charge in [-0.1, -0.05) is 11.2 Å². The average molecular weight is 256 g/mol. The number of anilines is 1. The molecule has 0 aliphatic heterocycles. The first-order valence-electron chi connectivity index (χ1n) is 5.52. The molecule has 0 bridgehead atoms. The van der Waals surface area contributed by atoms with Gasteiger partial charge in [-0.25, -0.2) is 4.39 Å². The molecule has 3 rings (SSSR count). The fourth-order valence-corrected chi connectivity index (χ4v) is 1.83. The highest BCUT2D eigenvalue weighted by Gasteiger charge is 2.18. The van der Waals surface area contributed by atoms with Gasteiger partial charge < -0.3 is 10.3 Å². The maximum Gasteiger partial charge on any atom is 0.230 e. The largest absolute Gasteiger partial charge is 0.367 e. The SMILES string of the molecule is Nc1onc(-c2cncc(F)c2)c1-c1cccnc1. The van der Waals surface area contributed by atoms with Crippen LogP contribution in [-0.2, 0) is 0 Å². The van der Waals surface area contributed by atoms with Crippen LogP contribution in [0.1, 0.15) is 0 Å². The molecule has 0 spiro atoms. The Morgan fingerprint density at radius 2 is 1.95 bits per heavy atom. The standard InChI is InChI=1S/C13H9FN4O/c14-10-4-9(6-17-7-10)12-11(13(15)19-18-12)8-2-1-3-16-5-8/h1-7H,15H2. The Kier molecular flexibility index (Phi) is 2.68. The average Bonchev–Trinajstić information content (AvgIpc) is 2.82. The summed E-state index contributed by atoms with van der Waals surface area (Å²) in [5, 5.41) is 3.87. The lowest BCUT2D eigenvalue weighted by Gasteiger charge is -2.01. The number of halogens is 1. The van der Waals surface area contributed by atoms with Crippen LogP contribution in [0, 0.1) is 5.82 Å². The molecule has 0 aliphatic rings. The maximum atomic E-state index is 13.2. The third-order valence-electron chi connectivity index (χ3n) is 2.65. The highest BCUT2D eigenvalue weighted by Crippen LogP contribution is 2.35. The summed E-state index contributed by atoms with van der Waals surface area (Å²) in [7, 11) is 0. The minimum absolute atomic E-state index is 0.160. The van der Waals surface area contributed by atoms with Crippen molar-refractivity contribution in [2.24, 2.45) is 0 Å². The first-order valence-corrected chi connectivity index (χ1v) is 5.52. The molecule has 0 fully saturated rings. The van der Waals surface area contributed by atoms with E-state index < -0.39 is 5.82 Å². The molecule has 3 aromatic rings. The second-order valence-corrected chi connectivity index (χ2v) is 3.90. The second kappa shape index (κ2) is 4.49. The van der Waals surface area contributed by atoms with Gasteiger partial charge in [0, 0.05) is 29.7 Å². The molecule has 3 heterocycles. The number of rotatable bonds is 2. The summed E-state index contributed by atoms with van der Waals surface area (Å²) >= 11 is 0. The van der Waals surface area contributed by atoms with Crippen molar-refractivity contribution in [3.8, 4) is 22.4 Å². The van der Waals surface area contributed by atoms with Crippen LogP contribution in [-0.4, -0.2) is 15.1 Å². The molecule has 6 heteroatoms. The zero-order valence-electron chi connectivity index (χ0n) is 9.75. The molecule has 0 aromatic carbocycles. The van der Waals surface area contributed by atoms with Gasteiger partial charge in [-0.15, -0.1) is 0 Å². The van der Waals surface area contributed by atoms with Gasteiger partial charge in [0.05, 0.1) is 11.8 Å². The van der Waals surface area contributed by atoms with E-state index in [0.29, 0.717) is 16.8 Å². The van der Waals surface area contributed by atoms with Crippen molar-refractivity contribution >= 4 is 5.88 Å². The van der Waals surface area contributed by atoms with Crippen molar-refractivity contribution in [1.82, 2.24) is 15.1 Å². The summed E-state index contributed by atoms with van der Waals surface area (Å²) in [5.74, 6) is -0.288. The first-order chi connectivity index (χ1) is 9.25. The lowest BCUT2D eigenvalue weighted by molar-refractivity contribution is 0.439. The Morgan fingerprint density at radius 1 is 1.11 bits per heavy atom. The summed E-state index contributed by atoms with van der Waals surface area (Å²) in [6.07, 6.45) is 5.91. The second-order valence-electron chi connectivity index (χ2n) is 3.90. The van der Waals surface area contributed by atoms with Crippen LogP contribution in [0.3, 0.4) is 0 Å². The summed E-state index contributed by atoms with van der Waals surface area (Å²) in [6, 6.07) is 4.92. The monoisotopic (exact) mass is 256 g/mol. The third kappa shape index (κ3) is 2.03. The quantitative estimate of drug-likeness (QED) is 0.762. The van der Waals surface area contributed by atoms with Crippen molar-refractivity contribution in [2.75, 3.05) is 5.73 Å². The van der Waals surface area contributed by atoms with E-state index in [1.165, 1.54) is 12.3 Å². The molecule has 0 saturated heterocycles. The van der Waals surface area contributed by atoms with Crippen LogP contribution in [0.4, 0.5) is 10.3 Å². The topological polar surface area (TPSA) is 77.8 Å². The van der Waals surface area contributed by atoms with Crippen molar-refractivity contribution in [2.45, 2.75) is 0 Å². The van der Waals surface area contributed by atoms with E-state index in [4.69, 9.17) is 10.3 Å². The van der Waals surface area contributed by atoms with Crippen LogP contribution in [0.25, 0.3) is 22.4 Å². The zero-order chi connectivity index (χ0) is 13.2. The molecule has 0 saturated carbocycles. The molecular weight excluding hydrogens is 247 g/mol. The van der Waals surface area contributed by atoms with E-state index >= 15 is 0 Å². The first kappa shape index (κ1) is 11.3. The molecule has 3 aromatic heterocycles. The zero-order valence-corrected chi connectivity index (χ0v) is 9.75. The summed E-state index contributed by atoms with van der Waals surface area (Å²) in [5.41, 5.74) is 8.05. The molecule has 2 N–H and O–H groups in total. The Morgan fingerprint density at radius 3 is 2.68 bits per heavy atom. The number of nitrogens with two attached hydrogens (primary N) is 1. The molecule has 5 nitrogen and oxygen atoms in total. The highest BCUT2D eigenvalue weighted by molar-refractivity contribution is 5.86. The van der Waals surface area contributed by atoms with Gasteiger partial charge in [-0.3, -0.25) is 9.97 Å².